The molecule has 3 heteroatoms. The zero-order chi connectivity index (χ0) is 18.6. The maximum atomic E-state index is 6.08. The molecule has 0 aliphatic carbocycles. The van der Waals surface area contributed by atoms with Gasteiger partial charge < -0.3 is 4.42 Å². The fourth-order valence-corrected chi connectivity index (χ4v) is 3.76. The minimum Gasteiger partial charge on any atom is -0.456 e. The third-order valence-electron chi connectivity index (χ3n) is 4.89. The number of hydrogen-bond acceptors (Lipinski definition) is 1. The van der Waals surface area contributed by atoms with E-state index in [4.69, 9.17) is 4.42 Å². The largest absolute Gasteiger partial charge is 0.496 e. The normalized spacial score (nSPS) is 13.7. The van der Waals surface area contributed by atoms with Gasteiger partial charge in [-0.3, -0.25) is 0 Å². The average Bonchev–Trinajstić information content (AvgIpc) is 3.18. The van der Waals surface area contributed by atoms with Crippen molar-refractivity contribution in [2.75, 3.05) is 6.54 Å². The SMILES string of the molecule is CC(C)(C)C[N+]1=C=[N+](c2ccc3c(c2)oc2ccccc23)c2ccccc21. The molecule has 1 aromatic heterocycles. The summed E-state index contributed by atoms with van der Waals surface area (Å²) in [6, 6.07) is 26.6. The maximum Gasteiger partial charge on any atom is 0.496 e. The molecule has 0 radical (unpaired) electrons. The number of nitrogens with zero attached hydrogens (tertiary/aromatic N) is 2. The Morgan fingerprint density at radius 1 is 0.815 bits per heavy atom. The summed E-state index contributed by atoms with van der Waals surface area (Å²) in [4.78, 5) is 0. The molecule has 0 fully saturated rings. The number of rotatable bonds is 2. The van der Waals surface area contributed by atoms with E-state index in [9.17, 15) is 0 Å². The Morgan fingerprint density at radius 2 is 1.52 bits per heavy atom. The van der Waals surface area contributed by atoms with E-state index in [1.54, 1.807) is 0 Å². The van der Waals surface area contributed by atoms with Gasteiger partial charge in [0.05, 0.1) is 6.07 Å². The molecule has 0 spiro atoms. The number of para-hydroxylation sites is 3. The van der Waals surface area contributed by atoms with Crippen molar-refractivity contribution in [3.8, 4) is 0 Å². The Kier molecular flexibility index (Phi) is 3.37. The van der Waals surface area contributed by atoms with Gasteiger partial charge in [0.15, 0.2) is 6.54 Å². The standard InChI is InChI=1S/C24H22N2O/c1-24(2,3)15-25-16-26(21-10-6-5-9-20(21)25)17-12-13-19-18-8-4-7-11-22(18)27-23(19)14-17/h4-14H,15H2,1-3H3/q+2. The van der Waals surface area contributed by atoms with Crippen LogP contribution in [0.3, 0.4) is 0 Å². The highest BCUT2D eigenvalue weighted by atomic mass is 16.3. The van der Waals surface area contributed by atoms with E-state index in [1.165, 1.54) is 5.69 Å². The first kappa shape index (κ1) is 16.0. The summed E-state index contributed by atoms with van der Waals surface area (Å²) in [7, 11) is 0. The summed E-state index contributed by atoms with van der Waals surface area (Å²) in [5, 5.41) is 2.30. The molecule has 3 nitrogen and oxygen atoms in total. The van der Waals surface area contributed by atoms with E-state index in [-0.39, 0.29) is 5.41 Å². The van der Waals surface area contributed by atoms with E-state index >= 15 is 0 Å². The first-order valence-electron chi connectivity index (χ1n) is 9.34. The topological polar surface area (TPSA) is 19.2 Å². The van der Waals surface area contributed by atoms with Crippen molar-refractivity contribution in [2.45, 2.75) is 20.8 Å². The lowest BCUT2D eigenvalue weighted by atomic mass is 9.96. The Bertz CT molecular complexity index is 1260. The highest BCUT2D eigenvalue weighted by Crippen LogP contribution is 2.36. The van der Waals surface area contributed by atoms with E-state index in [2.05, 4.69) is 84.5 Å². The van der Waals surface area contributed by atoms with Crippen LogP contribution in [0, 0.1) is 5.41 Å². The van der Waals surface area contributed by atoms with Crippen LogP contribution in [0.2, 0.25) is 0 Å². The van der Waals surface area contributed by atoms with Gasteiger partial charge in [0.1, 0.15) is 11.2 Å². The Hall–Kier alpha value is -3.16. The number of fused-ring (bicyclic) bond motifs is 4. The van der Waals surface area contributed by atoms with E-state index in [0.29, 0.717) is 0 Å². The zero-order valence-corrected chi connectivity index (χ0v) is 15.9. The third-order valence-corrected chi connectivity index (χ3v) is 4.89. The molecule has 132 valence electrons. The van der Waals surface area contributed by atoms with Crippen LogP contribution in [0.15, 0.2) is 71.1 Å². The zero-order valence-electron chi connectivity index (χ0n) is 15.9. The van der Waals surface area contributed by atoms with Crippen LogP contribution in [-0.4, -0.2) is 17.1 Å². The lowest BCUT2D eigenvalue weighted by molar-refractivity contribution is -0.447. The summed E-state index contributed by atoms with van der Waals surface area (Å²) >= 11 is 0. The minimum absolute atomic E-state index is 0.179. The molecule has 1 aliphatic rings. The number of furan rings is 1. The molecule has 0 saturated carbocycles. The summed E-state index contributed by atoms with van der Waals surface area (Å²) in [5.74, 6) is 0. The van der Waals surface area contributed by atoms with Crippen molar-refractivity contribution in [3.63, 3.8) is 0 Å². The molecule has 0 unspecified atom stereocenters. The molecule has 2 heterocycles. The van der Waals surface area contributed by atoms with Gasteiger partial charge in [-0.2, -0.15) is 0 Å². The lowest BCUT2D eigenvalue weighted by Gasteiger charge is -2.11. The van der Waals surface area contributed by atoms with Crippen molar-refractivity contribution in [2.24, 2.45) is 5.41 Å². The second-order valence-corrected chi connectivity index (χ2v) is 8.35. The van der Waals surface area contributed by atoms with Crippen LogP contribution in [0.5, 0.6) is 0 Å². The highest BCUT2D eigenvalue weighted by Gasteiger charge is 2.36. The van der Waals surface area contributed by atoms with Crippen molar-refractivity contribution in [1.82, 2.24) is 4.58 Å². The second kappa shape index (κ2) is 5.67. The summed E-state index contributed by atoms with van der Waals surface area (Å²) in [6.07, 6.45) is 0. The van der Waals surface area contributed by atoms with Gasteiger partial charge in [-0.05, 0) is 16.7 Å². The maximum absolute atomic E-state index is 6.08. The lowest BCUT2D eigenvalue weighted by Crippen LogP contribution is -2.20. The Labute approximate surface area is 158 Å². The Balaban J connectivity index is 1.70. The molecule has 0 bridgehead atoms. The van der Waals surface area contributed by atoms with Gasteiger partial charge in [0.25, 0.3) is 11.4 Å². The highest BCUT2D eigenvalue weighted by molar-refractivity contribution is 6.05. The fraction of sp³-hybridized carbons (Fsp3) is 0.208. The molecule has 4 aromatic rings. The molecular weight excluding hydrogens is 332 g/mol. The number of benzene rings is 3. The average molecular weight is 354 g/mol. The van der Waals surface area contributed by atoms with E-state index in [1.807, 2.05) is 18.2 Å². The monoisotopic (exact) mass is 354 g/mol. The molecule has 0 atom stereocenters. The molecule has 3 aromatic carbocycles. The van der Waals surface area contributed by atoms with Crippen LogP contribution in [0.1, 0.15) is 20.8 Å². The molecular formula is C24H22N2O+2. The van der Waals surface area contributed by atoms with Crippen molar-refractivity contribution in [1.29, 1.82) is 0 Å². The minimum atomic E-state index is 0.179. The first-order chi connectivity index (χ1) is 13.0. The van der Waals surface area contributed by atoms with Gasteiger partial charge in [-0.1, -0.05) is 55.7 Å². The van der Waals surface area contributed by atoms with Gasteiger partial charge >= 0.3 is 6.01 Å². The molecule has 27 heavy (non-hydrogen) atoms. The predicted octanol–water partition coefficient (Wildman–Crippen LogP) is 6.30. The quantitative estimate of drug-likeness (QED) is 0.387. The predicted molar refractivity (Wildman–Crippen MR) is 111 cm³/mol. The Morgan fingerprint density at radius 3 is 2.33 bits per heavy atom. The van der Waals surface area contributed by atoms with Crippen molar-refractivity contribution in [3.05, 3.63) is 66.7 Å². The van der Waals surface area contributed by atoms with Crippen LogP contribution in [0.25, 0.3) is 21.9 Å². The van der Waals surface area contributed by atoms with Crippen molar-refractivity contribution < 1.29 is 8.99 Å². The molecule has 0 saturated heterocycles. The fourth-order valence-electron chi connectivity index (χ4n) is 3.76. The van der Waals surface area contributed by atoms with E-state index < -0.39 is 0 Å². The van der Waals surface area contributed by atoms with Crippen LogP contribution in [-0.2, 0) is 0 Å². The van der Waals surface area contributed by atoms with E-state index in [0.717, 1.165) is 39.9 Å². The smallest absolute Gasteiger partial charge is 0.456 e. The third kappa shape index (κ3) is 2.68. The molecule has 0 N–H and O–H groups in total. The summed E-state index contributed by atoms with van der Waals surface area (Å²) in [5.41, 5.74) is 5.41. The first-order valence-corrected chi connectivity index (χ1v) is 9.34. The molecule has 1 aliphatic heterocycles. The van der Waals surface area contributed by atoms with Crippen LogP contribution < -0.4 is 4.58 Å². The van der Waals surface area contributed by atoms with Crippen LogP contribution >= 0.6 is 0 Å². The van der Waals surface area contributed by atoms with Gasteiger partial charge in [0.2, 0.25) is 5.69 Å². The van der Waals surface area contributed by atoms with Gasteiger partial charge in [0, 0.05) is 34.4 Å². The number of hydrogen-bond donors (Lipinski definition) is 0. The summed E-state index contributed by atoms with van der Waals surface area (Å²) < 4.78 is 10.4. The van der Waals surface area contributed by atoms with Gasteiger partial charge in [-0.15, -0.1) is 0 Å². The summed E-state index contributed by atoms with van der Waals surface area (Å²) in [6.45, 7) is 7.66. The second-order valence-electron chi connectivity index (χ2n) is 8.35. The van der Waals surface area contributed by atoms with Crippen molar-refractivity contribution >= 4 is 45.0 Å². The molecule has 0 amide bonds. The molecule has 5 rings (SSSR count). The van der Waals surface area contributed by atoms with Gasteiger partial charge in [-0.25, -0.2) is 0 Å². The van der Waals surface area contributed by atoms with Crippen LogP contribution in [0.4, 0.5) is 17.1 Å².